The molecular weight excluding hydrogens is 384 g/mol. The van der Waals surface area contributed by atoms with Gasteiger partial charge >= 0.3 is 0 Å². The summed E-state index contributed by atoms with van der Waals surface area (Å²) in [6.45, 7) is 9.13. The predicted octanol–water partition coefficient (Wildman–Crippen LogP) is 5.25. The zero-order valence-electron chi connectivity index (χ0n) is 17.2. The summed E-state index contributed by atoms with van der Waals surface area (Å²) in [4.78, 5) is 13.1. The number of thioether (sulfide) groups is 1. The van der Waals surface area contributed by atoms with Crippen molar-refractivity contribution in [3.05, 3.63) is 47.7 Å². The minimum atomic E-state index is -0.483. The van der Waals surface area contributed by atoms with Crippen LogP contribution in [-0.2, 0) is 11.3 Å². The van der Waals surface area contributed by atoms with Crippen LogP contribution in [0.2, 0.25) is 0 Å². The molecule has 1 aliphatic carbocycles. The van der Waals surface area contributed by atoms with E-state index in [0.29, 0.717) is 24.0 Å². The van der Waals surface area contributed by atoms with E-state index in [-0.39, 0.29) is 5.91 Å². The van der Waals surface area contributed by atoms with E-state index in [9.17, 15) is 4.79 Å². The first-order valence-corrected chi connectivity index (χ1v) is 10.8. The smallest absolute Gasteiger partial charge is 0.241 e. The Balaban J connectivity index is 1.52. The second-order valence-corrected chi connectivity index (χ2v) is 9.16. The van der Waals surface area contributed by atoms with Crippen molar-refractivity contribution in [1.82, 2.24) is 14.8 Å². The number of hydrogen-bond donors (Lipinski definition) is 1. The summed E-state index contributed by atoms with van der Waals surface area (Å²) < 4.78 is 6.99. The lowest BCUT2D eigenvalue weighted by atomic mass is 10.0. The molecule has 1 fully saturated rings. The minimum Gasteiger partial charge on any atom is -0.461 e. The molecule has 29 heavy (non-hydrogen) atoms. The SMILES string of the molecule is CCn1c(SC2(C(=O)Nc3ccc(C(C)C)cc3C)CC2)nnc1-c1ccco1. The molecule has 7 heteroatoms. The first-order valence-electron chi connectivity index (χ1n) is 10.0. The topological polar surface area (TPSA) is 73.0 Å². The molecule has 0 atom stereocenters. The van der Waals surface area contributed by atoms with Crippen LogP contribution in [0.4, 0.5) is 5.69 Å². The Morgan fingerprint density at radius 1 is 1.31 bits per heavy atom. The van der Waals surface area contributed by atoms with Crippen LogP contribution in [0.15, 0.2) is 46.2 Å². The standard InChI is InChI=1S/C22H26N4O2S/c1-5-26-19(18-7-6-12-28-18)24-25-21(26)29-22(10-11-22)20(27)23-17-9-8-16(14(2)3)13-15(17)4/h6-9,12-14H,5,10-11H2,1-4H3,(H,23,27). The summed E-state index contributed by atoms with van der Waals surface area (Å²) in [6, 6.07) is 9.94. The molecule has 152 valence electrons. The Morgan fingerprint density at radius 3 is 2.69 bits per heavy atom. The summed E-state index contributed by atoms with van der Waals surface area (Å²) in [5, 5.41) is 12.5. The Bertz CT molecular complexity index is 1020. The average molecular weight is 411 g/mol. The largest absolute Gasteiger partial charge is 0.461 e. The highest BCUT2D eigenvalue weighted by atomic mass is 32.2. The third-order valence-corrected chi connectivity index (χ3v) is 6.81. The number of aryl methyl sites for hydroxylation is 1. The Hall–Kier alpha value is -2.54. The zero-order chi connectivity index (χ0) is 20.6. The average Bonchev–Trinajstić information content (AvgIpc) is 3.11. The highest BCUT2D eigenvalue weighted by Crippen LogP contribution is 2.52. The van der Waals surface area contributed by atoms with Gasteiger partial charge < -0.3 is 9.73 Å². The molecule has 0 bridgehead atoms. The summed E-state index contributed by atoms with van der Waals surface area (Å²) in [7, 11) is 0. The molecule has 1 saturated carbocycles. The van der Waals surface area contributed by atoms with E-state index in [4.69, 9.17) is 4.42 Å². The zero-order valence-corrected chi connectivity index (χ0v) is 18.0. The second-order valence-electron chi connectivity index (χ2n) is 7.81. The van der Waals surface area contributed by atoms with Gasteiger partial charge in [-0.2, -0.15) is 0 Å². The van der Waals surface area contributed by atoms with Crippen molar-refractivity contribution in [2.75, 3.05) is 5.32 Å². The normalized spacial score (nSPS) is 14.9. The monoisotopic (exact) mass is 410 g/mol. The lowest BCUT2D eigenvalue weighted by Crippen LogP contribution is -2.27. The molecule has 6 nitrogen and oxygen atoms in total. The molecule has 0 spiro atoms. The van der Waals surface area contributed by atoms with Gasteiger partial charge in [-0.05, 0) is 61.9 Å². The number of furan rings is 1. The minimum absolute atomic E-state index is 0.0353. The molecule has 2 heterocycles. The van der Waals surface area contributed by atoms with Crippen LogP contribution in [-0.4, -0.2) is 25.4 Å². The lowest BCUT2D eigenvalue weighted by Gasteiger charge is -2.17. The van der Waals surface area contributed by atoms with Crippen LogP contribution < -0.4 is 5.32 Å². The second kappa shape index (κ2) is 7.71. The van der Waals surface area contributed by atoms with Crippen molar-refractivity contribution in [2.24, 2.45) is 0 Å². The number of rotatable bonds is 7. The number of benzene rings is 1. The highest BCUT2D eigenvalue weighted by molar-refractivity contribution is 8.01. The molecule has 1 amide bonds. The molecule has 0 unspecified atom stereocenters. The summed E-state index contributed by atoms with van der Waals surface area (Å²) in [5.41, 5.74) is 3.24. The van der Waals surface area contributed by atoms with Gasteiger partial charge in [0.15, 0.2) is 16.7 Å². The molecule has 1 N–H and O–H groups in total. The number of nitrogens with zero attached hydrogens (tertiary/aromatic N) is 3. The molecular formula is C22H26N4O2S. The van der Waals surface area contributed by atoms with Crippen LogP contribution in [0.1, 0.15) is 50.7 Å². The molecule has 0 aliphatic heterocycles. The molecule has 2 aromatic heterocycles. The molecule has 1 aromatic carbocycles. The van der Waals surface area contributed by atoms with Gasteiger partial charge in [0.1, 0.15) is 4.75 Å². The van der Waals surface area contributed by atoms with E-state index >= 15 is 0 Å². The van der Waals surface area contributed by atoms with E-state index < -0.39 is 4.75 Å². The van der Waals surface area contributed by atoms with Gasteiger partial charge in [0.2, 0.25) is 5.91 Å². The van der Waals surface area contributed by atoms with Crippen LogP contribution >= 0.6 is 11.8 Å². The fourth-order valence-corrected chi connectivity index (χ4v) is 4.53. The van der Waals surface area contributed by atoms with Crippen molar-refractivity contribution >= 4 is 23.4 Å². The number of hydrogen-bond acceptors (Lipinski definition) is 5. The number of carbonyl (C=O) groups is 1. The first-order chi connectivity index (χ1) is 13.9. The van der Waals surface area contributed by atoms with Gasteiger partial charge in [-0.3, -0.25) is 9.36 Å². The van der Waals surface area contributed by atoms with Gasteiger partial charge in [0, 0.05) is 12.2 Å². The van der Waals surface area contributed by atoms with E-state index in [2.05, 4.69) is 41.5 Å². The summed E-state index contributed by atoms with van der Waals surface area (Å²) >= 11 is 1.50. The van der Waals surface area contributed by atoms with Gasteiger partial charge in [-0.15, -0.1) is 10.2 Å². The Labute approximate surface area is 175 Å². The quantitative estimate of drug-likeness (QED) is 0.576. The lowest BCUT2D eigenvalue weighted by molar-refractivity contribution is -0.116. The van der Waals surface area contributed by atoms with Crippen LogP contribution in [0.25, 0.3) is 11.6 Å². The Kier molecular flexibility index (Phi) is 5.25. The van der Waals surface area contributed by atoms with E-state index in [1.54, 1.807) is 6.26 Å². The molecule has 3 aromatic rings. The van der Waals surface area contributed by atoms with E-state index in [1.165, 1.54) is 17.3 Å². The summed E-state index contributed by atoms with van der Waals surface area (Å²) in [6.07, 6.45) is 3.29. The van der Waals surface area contributed by atoms with Crippen molar-refractivity contribution in [2.45, 2.75) is 62.9 Å². The third-order valence-electron chi connectivity index (χ3n) is 5.34. The number of carbonyl (C=O) groups excluding carboxylic acids is 1. The first kappa shape index (κ1) is 19.8. The maximum atomic E-state index is 13.1. The highest BCUT2D eigenvalue weighted by Gasteiger charge is 2.52. The fourth-order valence-electron chi connectivity index (χ4n) is 3.32. The van der Waals surface area contributed by atoms with Crippen LogP contribution in [0, 0.1) is 6.92 Å². The maximum absolute atomic E-state index is 13.1. The van der Waals surface area contributed by atoms with Gasteiger partial charge in [-0.25, -0.2) is 0 Å². The van der Waals surface area contributed by atoms with Crippen molar-refractivity contribution in [3.8, 4) is 11.6 Å². The number of nitrogens with one attached hydrogen (secondary N) is 1. The predicted molar refractivity (Wildman–Crippen MR) is 115 cm³/mol. The molecule has 1 aliphatic rings. The number of aromatic nitrogens is 3. The third kappa shape index (κ3) is 3.83. The maximum Gasteiger partial charge on any atom is 0.241 e. The molecule has 0 saturated heterocycles. The van der Waals surface area contributed by atoms with Crippen molar-refractivity contribution < 1.29 is 9.21 Å². The van der Waals surface area contributed by atoms with Gasteiger partial charge in [-0.1, -0.05) is 37.7 Å². The van der Waals surface area contributed by atoms with Crippen molar-refractivity contribution in [1.29, 1.82) is 0 Å². The van der Waals surface area contributed by atoms with E-state index in [0.717, 1.165) is 29.2 Å². The number of anilines is 1. The van der Waals surface area contributed by atoms with Crippen LogP contribution in [0.3, 0.4) is 0 Å². The van der Waals surface area contributed by atoms with Crippen LogP contribution in [0.5, 0.6) is 0 Å². The fraction of sp³-hybridized carbons (Fsp3) is 0.409. The molecule has 0 radical (unpaired) electrons. The summed E-state index contributed by atoms with van der Waals surface area (Å²) in [5.74, 6) is 1.87. The number of amides is 1. The Morgan fingerprint density at radius 2 is 2.10 bits per heavy atom. The van der Waals surface area contributed by atoms with Gasteiger partial charge in [0.25, 0.3) is 0 Å². The van der Waals surface area contributed by atoms with Crippen molar-refractivity contribution in [3.63, 3.8) is 0 Å². The van der Waals surface area contributed by atoms with Gasteiger partial charge in [0.05, 0.1) is 6.26 Å². The van der Waals surface area contributed by atoms with E-state index in [1.807, 2.05) is 36.6 Å². The molecule has 4 rings (SSSR count).